The van der Waals surface area contributed by atoms with Crippen LogP contribution < -0.4 is 0 Å². The Kier molecular flexibility index (Phi) is 10.2. The van der Waals surface area contributed by atoms with E-state index in [1.165, 1.54) is 4.90 Å². The lowest BCUT2D eigenvalue weighted by atomic mass is 10.2. The summed E-state index contributed by atoms with van der Waals surface area (Å²) in [7, 11) is 0. The molecule has 4 heteroatoms. The summed E-state index contributed by atoms with van der Waals surface area (Å²) in [6.07, 6.45) is 6.23. The first kappa shape index (κ1) is 15.6. The van der Waals surface area contributed by atoms with E-state index in [0.717, 1.165) is 24.4 Å². The van der Waals surface area contributed by atoms with Gasteiger partial charge in [-0.3, -0.25) is 4.79 Å². The molecule has 3 nitrogen and oxygen atoms in total. The Morgan fingerprint density at radius 1 is 1.00 bits per heavy atom. The van der Waals surface area contributed by atoms with Gasteiger partial charge in [0, 0.05) is 23.3 Å². The third-order valence-corrected chi connectivity index (χ3v) is 2.64. The van der Waals surface area contributed by atoms with Gasteiger partial charge in [-0.05, 0) is 24.8 Å². The minimum atomic E-state index is 0.513. The number of hydrogen-bond donors (Lipinski definition) is 0. The first-order valence-electron chi connectivity index (χ1n) is 5.25. The number of carbonyl (C=O) groups excluding carboxylic acids is 3. The lowest BCUT2D eigenvalue weighted by molar-refractivity contribution is -0.108. The molecule has 17 heavy (non-hydrogen) atoms. The maximum atomic E-state index is 10.2. The van der Waals surface area contributed by atoms with Gasteiger partial charge in [0.05, 0.1) is 0 Å². The van der Waals surface area contributed by atoms with Crippen LogP contribution in [-0.4, -0.2) is 25.1 Å². The molecule has 0 saturated carbocycles. The van der Waals surface area contributed by atoms with Crippen molar-refractivity contribution in [3.8, 4) is 0 Å². The smallest absolute Gasteiger partial charge is 0.150 e. The van der Waals surface area contributed by atoms with Crippen LogP contribution >= 0.6 is 11.8 Å². The van der Waals surface area contributed by atoms with Crippen LogP contribution in [0.15, 0.2) is 29.2 Å². The molecule has 0 heterocycles. The number of carbonyl (C=O) groups is 3. The fourth-order valence-corrected chi connectivity index (χ4v) is 1.38. The highest BCUT2D eigenvalue weighted by Crippen LogP contribution is 2.13. The zero-order valence-electron chi connectivity index (χ0n) is 9.80. The van der Waals surface area contributed by atoms with Gasteiger partial charge in [-0.2, -0.15) is 0 Å². The predicted molar refractivity (Wildman–Crippen MR) is 69.6 cm³/mol. The van der Waals surface area contributed by atoms with Crippen LogP contribution in [0.2, 0.25) is 0 Å². The quantitative estimate of drug-likeness (QED) is 0.444. The van der Waals surface area contributed by atoms with E-state index in [9.17, 15) is 14.4 Å². The largest absolute Gasteiger partial charge is 0.303 e. The number of thioether (sulfide) groups is 1. The van der Waals surface area contributed by atoms with Gasteiger partial charge in [0.1, 0.15) is 18.9 Å². The topological polar surface area (TPSA) is 51.2 Å². The molecule has 0 unspecified atom stereocenters. The van der Waals surface area contributed by atoms with E-state index in [4.69, 9.17) is 0 Å². The van der Waals surface area contributed by atoms with Crippen molar-refractivity contribution in [2.24, 2.45) is 0 Å². The Morgan fingerprint density at radius 2 is 1.53 bits per heavy atom. The summed E-state index contributed by atoms with van der Waals surface area (Å²) in [6, 6.07) is 7.51. The molecule has 1 aromatic carbocycles. The first-order valence-corrected chi connectivity index (χ1v) is 6.47. The Morgan fingerprint density at radius 3 is 1.88 bits per heavy atom. The second-order valence-electron chi connectivity index (χ2n) is 3.16. The number of benzene rings is 1. The molecule has 0 aliphatic heterocycles. The molecule has 0 saturated heterocycles. The third kappa shape index (κ3) is 8.39. The van der Waals surface area contributed by atoms with E-state index in [1.54, 1.807) is 11.8 Å². The fraction of sp³-hybridized carbons (Fsp3) is 0.308. The van der Waals surface area contributed by atoms with Gasteiger partial charge in [0.15, 0.2) is 0 Å². The highest BCUT2D eigenvalue weighted by atomic mass is 32.2. The number of unbranched alkanes of at least 4 members (excludes halogenated alkanes) is 2. The normalized spacial score (nSPS) is 8.76. The molecule has 92 valence electrons. The fourth-order valence-electron chi connectivity index (χ4n) is 0.967. The van der Waals surface area contributed by atoms with Crippen molar-refractivity contribution in [2.45, 2.75) is 24.2 Å². The Balaban J connectivity index is 0.000000325. The minimum absolute atomic E-state index is 0.513. The molecule has 0 radical (unpaired) electrons. The van der Waals surface area contributed by atoms with Crippen molar-refractivity contribution < 1.29 is 14.4 Å². The predicted octanol–water partition coefficient (Wildman–Crippen LogP) is 2.78. The van der Waals surface area contributed by atoms with Crippen LogP contribution in [0, 0.1) is 0 Å². The lowest BCUT2D eigenvalue weighted by Crippen LogP contribution is -1.76. The number of hydrogen-bond acceptors (Lipinski definition) is 4. The van der Waals surface area contributed by atoms with Crippen molar-refractivity contribution in [3.63, 3.8) is 0 Å². The van der Waals surface area contributed by atoms with Crippen molar-refractivity contribution >= 4 is 30.6 Å². The van der Waals surface area contributed by atoms with Crippen LogP contribution in [0.25, 0.3) is 0 Å². The number of aldehydes is 3. The molecule has 0 aliphatic rings. The van der Waals surface area contributed by atoms with E-state index in [2.05, 4.69) is 0 Å². The molecule has 0 spiro atoms. The second kappa shape index (κ2) is 11.1. The van der Waals surface area contributed by atoms with E-state index in [1.807, 2.05) is 30.5 Å². The molecule has 1 rings (SSSR count). The van der Waals surface area contributed by atoms with Crippen molar-refractivity contribution in [2.75, 3.05) is 6.26 Å². The van der Waals surface area contributed by atoms with Crippen LogP contribution in [0.4, 0.5) is 0 Å². The molecule has 0 fully saturated rings. The van der Waals surface area contributed by atoms with E-state index in [-0.39, 0.29) is 0 Å². The summed E-state index contributed by atoms with van der Waals surface area (Å²) in [6.45, 7) is 0. The summed E-state index contributed by atoms with van der Waals surface area (Å²) in [5.41, 5.74) is 0.734. The highest BCUT2D eigenvalue weighted by molar-refractivity contribution is 7.98. The Labute approximate surface area is 106 Å². The maximum Gasteiger partial charge on any atom is 0.150 e. The van der Waals surface area contributed by atoms with Crippen molar-refractivity contribution in [1.82, 2.24) is 0 Å². The SMILES string of the molecule is CSc1ccc(C=O)cc1.O=CCCCC=O. The summed E-state index contributed by atoms with van der Waals surface area (Å²) >= 11 is 1.67. The van der Waals surface area contributed by atoms with Crippen LogP contribution in [0.1, 0.15) is 29.6 Å². The highest BCUT2D eigenvalue weighted by Gasteiger charge is 1.89. The van der Waals surface area contributed by atoms with Crippen LogP contribution in [0.3, 0.4) is 0 Å². The molecule has 0 bridgehead atoms. The molecular weight excluding hydrogens is 236 g/mol. The van der Waals surface area contributed by atoms with Crippen LogP contribution in [0.5, 0.6) is 0 Å². The molecular formula is C13H16O3S. The second-order valence-corrected chi connectivity index (χ2v) is 4.03. The zero-order chi connectivity index (χ0) is 12.9. The zero-order valence-corrected chi connectivity index (χ0v) is 10.6. The Bertz CT molecular complexity index is 325. The van der Waals surface area contributed by atoms with Gasteiger partial charge in [0.25, 0.3) is 0 Å². The third-order valence-electron chi connectivity index (χ3n) is 1.90. The molecule has 0 amide bonds. The minimum Gasteiger partial charge on any atom is -0.303 e. The van der Waals surface area contributed by atoms with E-state index >= 15 is 0 Å². The summed E-state index contributed by atoms with van der Waals surface area (Å²) in [4.78, 5) is 30.5. The van der Waals surface area contributed by atoms with Gasteiger partial charge >= 0.3 is 0 Å². The van der Waals surface area contributed by atoms with Gasteiger partial charge in [-0.25, -0.2) is 0 Å². The van der Waals surface area contributed by atoms with Crippen LogP contribution in [-0.2, 0) is 9.59 Å². The molecule has 0 N–H and O–H groups in total. The van der Waals surface area contributed by atoms with Gasteiger partial charge in [-0.1, -0.05) is 12.1 Å². The summed E-state index contributed by atoms with van der Waals surface area (Å²) < 4.78 is 0. The molecule has 0 aliphatic carbocycles. The monoisotopic (exact) mass is 252 g/mol. The van der Waals surface area contributed by atoms with E-state index in [0.29, 0.717) is 19.3 Å². The van der Waals surface area contributed by atoms with Crippen molar-refractivity contribution in [3.05, 3.63) is 29.8 Å². The average molecular weight is 252 g/mol. The molecule has 1 aromatic rings. The van der Waals surface area contributed by atoms with Gasteiger partial charge in [0.2, 0.25) is 0 Å². The Hall–Kier alpha value is -1.42. The summed E-state index contributed by atoms with van der Waals surface area (Å²) in [5.74, 6) is 0. The maximum absolute atomic E-state index is 10.2. The number of rotatable bonds is 6. The van der Waals surface area contributed by atoms with E-state index < -0.39 is 0 Å². The first-order chi connectivity index (χ1) is 8.28. The van der Waals surface area contributed by atoms with Gasteiger partial charge < -0.3 is 9.59 Å². The van der Waals surface area contributed by atoms with Crippen molar-refractivity contribution in [1.29, 1.82) is 0 Å². The lowest BCUT2D eigenvalue weighted by Gasteiger charge is -1.93. The van der Waals surface area contributed by atoms with Gasteiger partial charge in [-0.15, -0.1) is 11.8 Å². The molecule has 0 aromatic heterocycles. The standard InChI is InChI=1S/C8H8OS.C5H8O2/c1-10-8-4-2-7(6-9)3-5-8;6-4-2-1-3-5-7/h2-6H,1H3;4-5H,1-3H2. The molecule has 0 atom stereocenters. The average Bonchev–Trinajstić information content (AvgIpc) is 2.40. The summed E-state index contributed by atoms with van der Waals surface area (Å²) in [5, 5.41) is 0.